The number of hydrogen-bond donors (Lipinski definition) is 4. The molecule has 0 bridgehead atoms. The summed E-state index contributed by atoms with van der Waals surface area (Å²) in [4.78, 5) is 62.4. The number of ketones is 1. The number of nitrogens with two attached hydrogens (primary N) is 2. The van der Waals surface area contributed by atoms with Crippen LogP contribution in [0.5, 0.6) is 0 Å². The van der Waals surface area contributed by atoms with Crippen LogP contribution in [-0.2, 0) is 19.2 Å². The Hall–Kier alpha value is -2.91. The predicted molar refractivity (Wildman–Crippen MR) is 108 cm³/mol. The van der Waals surface area contributed by atoms with Crippen LogP contribution in [0.25, 0.3) is 0 Å². The van der Waals surface area contributed by atoms with Gasteiger partial charge in [0.05, 0.1) is 6.04 Å². The Kier molecular flexibility index (Phi) is 7.58. The summed E-state index contributed by atoms with van der Waals surface area (Å²) in [5.41, 5.74) is 10.3. The quantitative estimate of drug-likeness (QED) is 0.298. The zero-order chi connectivity index (χ0) is 22.6. The zero-order valence-electron chi connectivity index (χ0n) is 17.6. The second kappa shape index (κ2) is 9.73. The number of nitrogens with zero attached hydrogens (tertiary/aromatic N) is 1. The molecule has 1 aliphatic heterocycles. The molecule has 6 N–H and O–H groups in total. The first-order chi connectivity index (χ1) is 14.1. The third-order valence-electron chi connectivity index (χ3n) is 5.75. The summed E-state index contributed by atoms with van der Waals surface area (Å²) in [6.07, 6.45) is 4.22. The minimum atomic E-state index is -1.09. The number of amides is 5. The summed E-state index contributed by atoms with van der Waals surface area (Å²) in [5, 5.41) is 4.94. The third-order valence-corrected chi connectivity index (χ3v) is 5.75. The van der Waals surface area contributed by atoms with Crippen LogP contribution in [0, 0.1) is 17.8 Å². The number of allylic oxidation sites excluding steroid dienone is 1. The van der Waals surface area contributed by atoms with Crippen LogP contribution in [0.3, 0.4) is 0 Å². The van der Waals surface area contributed by atoms with Crippen LogP contribution < -0.4 is 22.1 Å². The van der Waals surface area contributed by atoms with E-state index in [-0.39, 0.29) is 23.5 Å². The Morgan fingerprint density at radius 2 is 1.73 bits per heavy atom. The molecule has 10 nitrogen and oxygen atoms in total. The maximum absolute atomic E-state index is 13.2. The molecule has 5 amide bonds. The number of carbonyl (C=O) groups excluding carboxylic acids is 5. The first kappa shape index (κ1) is 23.4. The molecular formula is C20H31N5O5. The lowest BCUT2D eigenvalue weighted by Crippen LogP contribution is -2.55. The molecule has 166 valence electrons. The van der Waals surface area contributed by atoms with E-state index < -0.39 is 41.6 Å². The molecule has 2 rings (SSSR count). The highest BCUT2D eigenvalue weighted by atomic mass is 16.2. The number of rotatable bonds is 9. The van der Waals surface area contributed by atoms with E-state index in [0.29, 0.717) is 19.4 Å². The lowest BCUT2D eigenvalue weighted by molar-refractivity contribution is -0.141. The predicted octanol–water partition coefficient (Wildman–Crippen LogP) is -0.229. The molecule has 0 spiro atoms. The summed E-state index contributed by atoms with van der Waals surface area (Å²) < 4.78 is 0. The van der Waals surface area contributed by atoms with E-state index in [1.807, 2.05) is 13.8 Å². The van der Waals surface area contributed by atoms with Crippen molar-refractivity contribution in [1.29, 1.82) is 0 Å². The molecule has 1 aliphatic carbocycles. The van der Waals surface area contributed by atoms with Gasteiger partial charge in [-0.2, -0.15) is 0 Å². The Labute approximate surface area is 175 Å². The van der Waals surface area contributed by atoms with Gasteiger partial charge in [0.15, 0.2) is 0 Å². The summed E-state index contributed by atoms with van der Waals surface area (Å²) in [5.74, 6) is -2.75. The fraction of sp³-hybridized carbons (Fsp3) is 0.650. The number of primary amides is 2. The maximum atomic E-state index is 13.2. The van der Waals surface area contributed by atoms with E-state index in [4.69, 9.17) is 11.5 Å². The second-order valence-electron chi connectivity index (χ2n) is 8.30. The van der Waals surface area contributed by atoms with Crippen LogP contribution in [0.2, 0.25) is 0 Å². The van der Waals surface area contributed by atoms with Gasteiger partial charge in [-0.1, -0.05) is 32.8 Å². The molecule has 0 aromatic carbocycles. The highest BCUT2D eigenvalue weighted by Gasteiger charge is 2.45. The lowest BCUT2D eigenvalue weighted by Gasteiger charge is -2.31. The summed E-state index contributed by atoms with van der Waals surface area (Å²) in [6, 6.07) is -2.73. The van der Waals surface area contributed by atoms with Crippen LogP contribution in [0.4, 0.5) is 4.79 Å². The van der Waals surface area contributed by atoms with Gasteiger partial charge in [0.25, 0.3) is 11.8 Å². The van der Waals surface area contributed by atoms with Gasteiger partial charge in [0, 0.05) is 6.54 Å². The first-order valence-electron chi connectivity index (χ1n) is 10.2. The number of carbonyl (C=O) groups is 5. The van der Waals surface area contributed by atoms with Crippen molar-refractivity contribution in [2.24, 2.45) is 29.2 Å². The fourth-order valence-electron chi connectivity index (χ4n) is 3.96. The van der Waals surface area contributed by atoms with Gasteiger partial charge < -0.3 is 27.0 Å². The standard InChI is InChI=1S/C20H31N5O5/c1-4-13(24-20(22)30)19(29)25-8-7-12(10(2)3)15(25)18(28)23-14(9-11-5-6-11)16(26)17(21)27/h4,10-12,14-15H,5-9H2,1-3H3,(H2,21,27)(H,23,28)(H3,22,24,30)/b13-4+/t12-,14?,15+/m1/s1. The molecule has 1 unspecified atom stereocenters. The van der Waals surface area contributed by atoms with Gasteiger partial charge in [0.2, 0.25) is 11.7 Å². The van der Waals surface area contributed by atoms with Crippen LogP contribution in [0.15, 0.2) is 11.8 Å². The molecule has 10 heteroatoms. The van der Waals surface area contributed by atoms with Crippen molar-refractivity contribution in [3.63, 3.8) is 0 Å². The van der Waals surface area contributed by atoms with Crippen molar-refractivity contribution in [3.05, 3.63) is 11.8 Å². The number of Topliss-reactive ketones (excluding diaryl/α,β-unsaturated/α-hetero) is 1. The molecule has 3 atom stereocenters. The van der Waals surface area contributed by atoms with Gasteiger partial charge in [-0.25, -0.2) is 4.79 Å². The molecular weight excluding hydrogens is 390 g/mol. The maximum Gasteiger partial charge on any atom is 0.316 e. The molecule has 2 fully saturated rings. The molecule has 30 heavy (non-hydrogen) atoms. The molecule has 0 radical (unpaired) electrons. The van der Waals surface area contributed by atoms with E-state index in [0.717, 1.165) is 12.8 Å². The zero-order valence-corrected chi connectivity index (χ0v) is 17.6. The number of likely N-dealkylation sites (tertiary alicyclic amines) is 1. The van der Waals surface area contributed by atoms with Gasteiger partial charge in [-0.05, 0) is 37.5 Å². The largest absolute Gasteiger partial charge is 0.363 e. The molecule has 0 aromatic heterocycles. The lowest BCUT2D eigenvalue weighted by atomic mass is 9.88. The SMILES string of the molecule is C/C=C(/NC(N)=O)C(=O)N1CC[C@H](C(C)C)[C@H]1C(=O)NC(CC1CC1)C(=O)C(N)=O. The van der Waals surface area contributed by atoms with Crippen LogP contribution >= 0.6 is 0 Å². The number of nitrogens with one attached hydrogen (secondary N) is 2. The van der Waals surface area contributed by atoms with Crippen molar-refractivity contribution in [2.45, 2.75) is 58.5 Å². The Morgan fingerprint density at radius 3 is 2.20 bits per heavy atom. The number of hydrogen-bond acceptors (Lipinski definition) is 5. The van der Waals surface area contributed by atoms with E-state index in [1.165, 1.54) is 11.0 Å². The Morgan fingerprint density at radius 1 is 1.10 bits per heavy atom. The average Bonchev–Trinajstić information content (AvgIpc) is 3.37. The van der Waals surface area contributed by atoms with E-state index in [1.54, 1.807) is 6.92 Å². The highest BCUT2D eigenvalue weighted by Crippen LogP contribution is 2.35. The number of urea groups is 1. The highest BCUT2D eigenvalue weighted by molar-refractivity contribution is 6.37. The van der Waals surface area contributed by atoms with E-state index in [9.17, 15) is 24.0 Å². The molecule has 1 saturated carbocycles. The second-order valence-corrected chi connectivity index (χ2v) is 8.30. The summed E-state index contributed by atoms with van der Waals surface area (Å²) in [6.45, 7) is 5.79. The molecule has 0 aromatic rings. The normalized spacial score (nSPS) is 22.5. The molecule has 1 saturated heterocycles. The third kappa shape index (κ3) is 5.58. The Bertz CT molecular complexity index is 759. The summed E-state index contributed by atoms with van der Waals surface area (Å²) >= 11 is 0. The van der Waals surface area contributed by atoms with Crippen LogP contribution in [0.1, 0.15) is 46.5 Å². The summed E-state index contributed by atoms with van der Waals surface area (Å²) in [7, 11) is 0. The van der Waals surface area contributed by atoms with E-state index in [2.05, 4.69) is 10.6 Å². The minimum absolute atomic E-state index is 0.0209. The van der Waals surface area contributed by atoms with Gasteiger partial charge >= 0.3 is 6.03 Å². The topological polar surface area (TPSA) is 165 Å². The van der Waals surface area contributed by atoms with Gasteiger partial charge in [-0.3, -0.25) is 19.2 Å². The average molecular weight is 421 g/mol. The first-order valence-corrected chi connectivity index (χ1v) is 10.2. The monoisotopic (exact) mass is 421 g/mol. The van der Waals surface area contributed by atoms with Crippen LogP contribution in [-0.4, -0.2) is 53.1 Å². The van der Waals surface area contributed by atoms with Crippen molar-refractivity contribution < 1.29 is 24.0 Å². The van der Waals surface area contributed by atoms with Crippen molar-refractivity contribution in [3.8, 4) is 0 Å². The smallest absolute Gasteiger partial charge is 0.316 e. The molecule has 1 heterocycles. The fourth-order valence-corrected chi connectivity index (χ4v) is 3.96. The van der Waals surface area contributed by atoms with Crippen molar-refractivity contribution >= 4 is 29.5 Å². The van der Waals surface area contributed by atoms with Gasteiger partial charge in [0.1, 0.15) is 11.7 Å². The van der Waals surface area contributed by atoms with Crippen molar-refractivity contribution in [1.82, 2.24) is 15.5 Å². The minimum Gasteiger partial charge on any atom is -0.363 e. The van der Waals surface area contributed by atoms with E-state index >= 15 is 0 Å². The molecule has 2 aliphatic rings. The van der Waals surface area contributed by atoms with Gasteiger partial charge in [-0.15, -0.1) is 0 Å². The Balaban J connectivity index is 2.25. The van der Waals surface area contributed by atoms with Crippen molar-refractivity contribution in [2.75, 3.05) is 6.54 Å².